The third-order valence-corrected chi connectivity index (χ3v) is 6.11. The monoisotopic (exact) mass is 465 g/mol. The van der Waals surface area contributed by atoms with Gasteiger partial charge in [-0.2, -0.15) is 0 Å². The Bertz CT molecular complexity index is 1280. The normalized spacial score (nSPS) is 13.0. The van der Waals surface area contributed by atoms with E-state index < -0.39 is 4.92 Å². The van der Waals surface area contributed by atoms with E-state index in [-0.39, 0.29) is 17.4 Å². The van der Waals surface area contributed by atoms with Crippen molar-refractivity contribution in [1.29, 1.82) is 0 Å². The molecule has 1 aliphatic rings. The Morgan fingerprint density at radius 1 is 1.06 bits per heavy atom. The van der Waals surface area contributed by atoms with Crippen LogP contribution < -0.4 is 9.75 Å². The maximum atomic E-state index is 12.8. The van der Waals surface area contributed by atoms with E-state index in [2.05, 4.69) is 10.2 Å². The highest BCUT2D eigenvalue weighted by molar-refractivity contribution is 8.04. The molecule has 2 aromatic carbocycles. The number of carbonyl (C=O) groups excluding carboxylic acids is 2. The van der Waals surface area contributed by atoms with Crippen molar-refractivity contribution in [2.24, 2.45) is 0 Å². The predicted octanol–water partition coefficient (Wildman–Crippen LogP) is 3.33. The molecule has 0 unspecified atom stereocenters. The summed E-state index contributed by atoms with van der Waals surface area (Å²) in [5.41, 5.74) is 1.66. The first-order valence-electron chi connectivity index (χ1n) is 9.86. The zero-order chi connectivity index (χ0) is 23.7. The Labute approximate surface area is 193 Å². The lowest BCUT2D eigenvalue weighted by atomic mass is 10.1. The Kier molecular flexibility index (Phi) is 5.97. The lowest BCUT2D eigenvalue weighted by Gasteiger charge is -2.32. The summed E-state index contributed by atoms with van der Waals surface area (Å²) in [5, 5.41) is 21.3. The summed E-state index contributed by atoms with van der Waals surface area (Å²) in [6.07, 6.45) is 0.379. The highest BCUT2D eigenvalue weighted by Gasteiger charge is 2.35. The predicted molar refractivity (Wildman–Crippen MR) is 121 cm³/mol. The molecule has 33 heavy (non-hydrogen) atoms. The topological polar surface area (TPSA) is 120 Å². The molecule has 0 atom stereocenters. The quantitative estimate of drug-likeness (QED) is 0.401. The molecule has 11 heteroatoms. The molecular weight excluding hydrogens is 446 g/mol. The fourth-order valence-corrected chi connectivity index (χ4v) is 4.45. The van der Waals surface area contributed by atoms with Gasteiger partial charge in [0.1, 0.15) is 5.75 Å². The first kappa shape index (κ1) is 22.2. The van der Waals surface area contributed by atoms with Crippen LogP contribution in [-0.2, 0) is 16.0 Å². The van der Waals surface area contributed by atoms with Gasteiger partial charge in [0.15, 0.2) is 11.6 Å². The minimum absolute atomic E-state index is 0.0910. The van der Waals surface area contributed by atoms with Gasteiger partial charge in [-0.05, 0) is 48.5 Å². The van der Waals surface area contributed by atoms with E-state index in [0.717, 1.165) is 23.1 Å². The average Bonchev–Trinajstić information content (AvgIpc) is 3.20. The second kappa shape index (κ2) is 8.87. The third-order valence-electron chi connectivity index (χ3n) is 4.99. The molecule has 4 rings (SSSR count). The number of benzene rings is 2. The maximum Gasteiger partial charge on any atom is 0.269 e. The number of hydrogen-bond acceptors (Lipinski definition) is 8. The molecule has 1 aromatic heterocycles. The van der Waals surface area contributed by atoms with E-state index in [9.17, 15) is 19.7 Å². The number of nitro groups is 1. The number of Topliss-reactive ketones (excluding diaryl/α,β-unsaturated/α-hetero) is 1. The van der Waals surface area contributed by atoms with Gasteiger partial charge in [0.2, 0.25) is 11.1 Å². The van der Waals surface area contributed by atoms with Crippen LogP contribution >= 0.6 is 11.8 Å². The molecule has 0 saturated carbocycles. The maximum absolute atomic E-state index is 12.8. The average molecular weight is 465 g/mol. The fourth-order valence-electron chi connectivity index (χ4n) is 3.46. The summed E-state index contributed by atoms with van der Waals surface area (Å²) in [5.74, 6) is 0.599. The number of amides is 1. The van der Waals surface area contributed by atoms with E-state index in [0.29, 0.717) is 33.6 Å². The molecule has 168 valence electrons. The van der Waals surface area contributed by atoms with Crippen molar-refractivity contribution < 1.29 is 19.2 Å². The van der Waals surface area contributed by atoms with Gasteiger partial charge in [-0.1, -0.05) is 12.1 Å². The number of nitrogens with zero attached hydrogens (tertiary/aromatic N) is 5. The van der Waals surface area contributed by atoms with E-state index in [4.69, 9.17) is 4.74 Å². The summed E-state index contributed by atoms with van der Waals surface area (Å²) in [7, 11) is 1.59. The third kappa shape index (κ3) is 4.22. The number of aromatic nitrogens is 3. The van der Waals surface area contributed by atoms with Crippen molar-refractivity contribution in [2.45, 2.75) is 25.4 Å². The van der Waals surface area contributed by atoms with Crippen LogP contribution in [0, 0.1) is 10.1 Å². The van der Waals surface area contributed by atoms with Crippen molar-refractivity contribution in [3.05, 3.63) is 80.5 Å². The number of fused-ring (bicyclic) bond motifs is 1. The van der Waals surface area contributed by atoms with Gasteiger partial charge in [0.25, 0.3) is 5.69 Å². The number of ether oxygens (including phenoxy) is 1. The molecule has 2 heterocycles. The number of non-ortho nitro benzene ring substituents is 1. The smallest absolute Gasteiger partial charge is 0.269 e. The van der Waals surface area contributed by atoms with E-state index in [1.165, 1.54) is 43.1 Å². The summed E-state index contributed by atoms with van der Waals surface area (Å²) >= 11 is 1.11. The van der Waals surface area contributed by atoms with Crippen molar-refractivity contribution >= 4 is 34.8 Å². The number of thioether (sulfide) groups is 1. The summed E-state index contributed by atoms with van der Waals surface area (Å²) < 4.78 is 6.78. The van der Waals surface area contributed by atoms with E-state index in [1.54, 1.807) is 11.8 Å². The van der Waals surface area contributed by atoms with Crippen LogP contribution in [0.25, 0.3) is 5.70 Å². The number of hydrogen-bond donors (Lipinski definition) is 0. The van der Waals surface area contributed by atoms with Crippen molar-refractivity contribution in [2.75, 3.05) is 12.1 Å². The first-order chi connectivity index (χ1) is 15.8. The van der Waals surface area contributed by atoms with E-state index in [1.807, 2.05) is 24.3 Å². The SMILES string of the molecule is COc1ccc(Cc2nnc3n2N(C(C)=O)C(c2ccc([N+](=O)[O-])cc2)=C(C(C)=O)S3)cc1. The largest absolute Gasteiger partial charge is 0.497 e. The van der Waals surface area contributed by atoms with Crippen molar-refractivity contribution in [3.63, 3.8) is 0 Å². The number of carbonyl (C=O) groups is 2. The second-order valence-corrected chi connectivity index (χ2v) is 8.18. The first-order valence-corrected chi connectivity index (χ1v) is 10.7. The van der Waals surface area contributed by atoms with Gasteiger partial charge in [0, 0.05) is 31.0 Å². The number of nitro benzene ring substituents is 1. The van der Waals surface area contributed by atoms with Gasteiger partial charge < -0.3 is 4.74 Å². The number of methoxy groups -OCH3 is 1. The molecule has 0 aliphatic carbocycles. The molecule has 3 aromatic rings. The molecule has 1 amide bonds. The molecular formula is C22H19N5O5S. The summed E-state index contributed by atoms with van der Waals surface area (Å²) in [6.45, 7) is 2.77. The lowest BCUT2D eigenvalue weighted by molar-refractivity contribution is -0.384. The summed E-state index contributed by atoms with van der Waals surface area (Å²) in [4.78, 5) is 36.2. The van der Waals surface area contributed by atoms with Crippen LogP contribution in [-0.4, -0.2) is 38.6 Å². The van der Waals surface area contributed by atoms with Gasteiger partial charge in [-0.3, -0.25) is 19.7 Å². The Hall–Kier alpha value is -3.99. The van der Waals surface area contributed by atoms with Crippen LogP contribution in [0.2, 0.25) is 0 Å². The zero-order valence-corrected chi connectivity index (χ0v) is 18.8. The highest BCUT2D eigenvalue weighted by Crippen LogP contribution is 2.40. The van der Waals surface area contributed by atoms with Crippen LogP contribution in [0.4, 0.5) is 5.69 Å². The minimum Gasteiger partial charge on any atom is -0.497 e. The zero-order valence-electron chi connectivity index (χ0n) is 18.0. The number of allylic oxidation sites excluding steroid dienone is 1. The molecule has 0 radical (unpaired) electrons. The fraction of sp³-hybridized carbons (Fsp3) is 0.182. The van der Waals surface area contributed by atoms with Crippen LogP contribution in [0.5, 0.6) is 5.75 Å². The molecule has 1 aliphatic heterocycles. The second-order valence-electron chi connectivity index (χ2n) is 7.21. The number of rotatable bonds is 6. The Morgan fingerprint density at radius 2 is 1.73 bits per heavy atom. The lowest BCUT2D eigenvalue weighted by Crippen LogP contribution is -2.41. The van der Waals surface area contributed by atoms with Crippen LogP contribution in [0.15, 0.2) is 58.6 Å². The van der Waals surface area contributed by atoms with Crippen molar-refractivity contribution in [1.82, 2.24) is 14.9 Å². The standard InChI is InChI=1S/C22H19N5O5S/c1-13(28)21-20(16-6-8-17(9-7-16)27(30)31)25(14(2)29)26-19(23-24-22(26)33-21)12-15-4-10-18(32-3)11-5-15/h4-11H,12H2,1-3H3. The molecule has 0 N–H and O–H groups in total. The van der Waals surface area contributed by atoms with Gasteiger partial charge in [0.05, 0.1) is 22.6 Å². The van der Waals surface area contributed by atoms with Crippen LogP contribution in [0.3, 0.4) is 0 Å². The number of ketones is 1. The van der Waals surface area contributed by atoms with Gasteiger partial charge in [-0.15, -0.1) is 10.2 Å². The highest BCUT2D eigenvalue weighted by atomic mass is 32.2. The Morgan fingerprint density at radius 3 is 2.27 bits per heavy atom. The summed E-state index contributed by atoms with van der Waals surface area (Å²) in [6, 6.07) is 13.2. The van der Waals surface area contributed by atoms with Gasteiger partial charge >= 0.3 is 0 Å². The minimum atomic E-state index is -0.507. The molecule has 0 saturated heterocycles. The van der Waals surface area contributed by atoms with Crippen LogP contribution in [0.1, 0.15) is 30.8 Å². The Balaban J connectivity index is 1.81. The van der Waals surface area contributed by atoms with Crippen molar-refractivity contribution in [3.8, 4) is 5.75 Å². The van der Waals surface area contributed by atoms with E-state index >= 15 is 0 Å². The molecule has 10 nitrogen and oxygen atoms in total. The molecule has 0 bridgehead atoms. The van der Waals surface area contributed by atoms with Gasteiger partial charge in [-0.25, -0.2) is 9.69 Å². The molecule has 0 fully saturated rings. The molecule has 0 spiro atoms.